The summed E-state index contributed by atoms with van der Waals surface area (Å²) in [7, 11) is 0. The highest BCUT2D eigenvalue weighted by molar-refractivity contribution is 5.78. The summed E-state index contributed by atoms with van der Waals surface area (Å²) in [5.74, 6) is 0.287. The first-order valence-electron chi connectivity index (χ1n) is 11.2. The van der Waals surface area contributed by atoms with Crippen LogP contribution in [-0.2, 0) is 17.9 Å². The molecule has 162 valence electrons. The number of carbonyl (C=O) groups is 1. The molecule has 1 atom stereocenters. The second kappa shape index (κ2) is 10.1. The van der Waals surface area contributed by atoms with Crippen molar-refractivity contribution in [2.24, 2.45) is 5.92 Å². The Labute approximate surface area is 178 Å². The van der Waals surface area contributed by atoms with Gasteiger partial charge >= 0.3 is 0 Å². The summed E-state index contributed by atoms with van der Waals surface area (Å²) in [5, 5.41) is 11.1. The molecular formula is C22H33N7O. The predicted octanol–water partition coefficient (Wildman–Crippen LogP) is 1.47. The molecule has 0 saturated carbocycles. The number of hydrogen-bond donors (Lipinski definition) is 1. The van der Waals surface area contributed by atoms with Crippen LogP contribution in [-0.4, -0.2) is 74.5 Å². The van der Waals surface area contributed by atoms with Gasteiger partial charge in [0.2, 0.25) is 5.91 Å². The third kappa shape index (κ3) is 5.64. The van der Waals surface area contributed by atoms with E-state index in [9.17, 15) is 4.79 Å². The Morgan fingerprint density at radius 3 is 2.83 bits per heavy atom. The fourth-order valence-corrected chi connectivity index (χ4v) is 4.69. The molecule has 0 spiro atoms. The van der Waals surface area contributed by atoms with E-state index in [1.54, 1.807) is 4.68 Å². The van der Waals surface area contributed by atoms with Gasteiger partial charge in [-0.2, -0.15) is 0 Å². The van der Waals surface area contributed by atoms with Gasteiger partial charge in [-0.1, -0.05) is 11.3 Å². The average molecular weight is 412 g/mol. The van der Waals surface area contributed by atoms with Crippen LogP contribution in [0.4, 0.5) is 0 Å². The van der Waals surface area contributed by atoms with Crippen molar-refractivity contribution in [2.45, 2.75) is 51.7 Å². The largest absolute Gasteiger partial charge is 0.354 e. The number of hydrogen-bond acceptors (Lipinski definition) is 6. The van der Waals surface area contributed by atoms with Gasteiger partial charge < -0.3 is 5.32 Å². The van der Waals surface area contributed by atoms with Gasteiger partial charge in [-0.3, -0.25) is 24.3 Å². The number of aromatic nitrogens is 4. The number of nitrogens with zero attached hydrogens (tertiary/aromatic N) is 6. The van der Waals surface area contributed by atoms with Crippen molar-refractivity contribution < 1.29 is 4.79 Å². The van der Waals surface area contributed by atoms with Crippen molar-refractivity contribution in [2.75, 3.05) is 32.7 Å². The molecule has 2 aromatic rings. The van der Waals surface area contributed by atoms with Crippen LogP contribution < -0.4 is 5.32 Å². The molecule has 1 unspecified atom stereocenters. The second-order valence-corrected chi connectivity index (χ2v) is 8.62. The first-order valence-corrected chi connectivity index (χ1v) is 11.2. The van der Waals surface area contributed by atoms with E-state index in [0.717, 1.165) is 51.3 Å². The zero-order valence-corrected chi connectivity index (χ0v) is 17.9. The molecule has 30 heavy (non-hydrogen) atoms. The van der Waals surface area contributed by atoms with Crippen LogP contribution in [0.25, 0.3) is 0 Å². The second-order valence-electron chi connectivity index (χ2n) is 8.62. The molecular weight excluding hydrogens is 378 g/mol. The van der Waals surface area contributed by atoms with E-state index in [1.807, 2.05) is 31.6 Å². The highest BCUT2D eigenvalue weighted by Crippen LogP contribution is 2.24. The molecule has 0 aliphatic carbocycles. The van der Waals surface area contributed by atoms with Gasteiger partial charge in [0.15, 0.2) is 0 Å². The van der Waals surface area contributed by atoms with Gasteiger partial charge in [-0.05, 0) is 63.9 Å². The summed E-state index contributed by atoms with van der Waals surface area (Å²) < 4.78 is 1.78. The SMILES string of the molecule is Cc1cn(CCNC(=O)C2CCCN(C3CCN(Cc4cccnc4)CC3)C2)nn1. The molecule has 0 radical (unpaired) electrons. The molecule has 1 amide bonds. The van der Waals surface area contributed by atoms with E-state index in [4.69, 9.17) is 0 Å². The minimum absolute atomic E-state index is 0.102. The van der Waals surface area contributed by atoms with Crippen LogP contribution in [0, 0.1) is 12.8 Å². The number of amides is 1. The average Bonchev–Trinajstić information content (AvgIpc) is 3.20. The summed E-state index contributed by atoms with van der Waals surface area (Å²) in [5.41, 5.74) is 2.18. The number of aryl methyl sites for hydroxylation is 1. The molecule has 2 aliphatic heterocycles. The number of carbonyl (C=O) groups excluding carboxylic acids is 1. The third-order valence-electron chi connectivity index (χ3n) is 6.32. The van der Waals surface area contributed by atoms with Gasteiger partial charge in [0, 0.05) is 44.3 Å². The molecule has 2 aromatic heterocycles. The Morgan fingerprint density at radius 1 is 1.23 bits per heavy atom. The van der Waals surface area contributed by atoms with E-state index in [2.05, 4.69) is 36.5 Å². The zero-order valence-electron chi connectivity index (χ0n) is 17.9. The molecule has 2 aliphatic rings. The Hall–Kier alpha value is -2.32. The lowest BCUT2D eigenvalue weighted by atomic mass is 9.93. The molecule has 2 saturated heterocycles. The molecule has 8 nitrogen and oxygen atoms in total. The van der Waals surface area contributed by atoms with Crippen LogP contribution in [0.3, 0.4) is 0 Å². The van der Waals surface area contributed by atoms with Gasteiger partial charge in [0.1, 0.15) is 0 Å². The molecule has 4 rings (SSSR count). The quantitative estimate of drug-likeness (QED) is 0.743. The van der Waals surface area contributed by atoms with E-state index >= 15 is 0 Å². The standard InChI is InChI=1S/C22H33N7O/c1-18-15-29(26-25-18)13-9-24-22(30)20-5-3-10-28(17-20)21-6-11-27(12-7-21)16-19-4-2-8-23-14-19/h2,4,8,14-15,20-21H,3,5-7,9-13,16-17H2,1H3,(H,24,30). The maximum absolute atomic E-state index is 12.7. The van der Waals surface area contributed by atoms with Crippen molar-refractivity contribution in [1.29, 1.82) is 0 Å². The Kier molecular flexibility index (Phi) is 7.07. The minimum Gasteiger partial charge on any atom is -0.354 e. The highest BCUT2D eigenvalue weighted by Gasteiger charge is 2.31. The first kappa shape index (κ1) is 20.9. The van der Waals surface area contributed by atoms with Crippen molar-refractivity contribution in [3.05, 3.63) is 42.0 Å². The van der Waals surface area contributed by atoms with Gasteiger partial charge in [-0.25, -0.2) is 0 Å². The monoisotopic (exact) mass is 411 g/mol. The third-order valence-corrected chi connectivity index (χ3v) is 6.32. The Morgan fingerprint density at radius 2 is 2.10 bits per heavy atom. The van der Waals surface area contributed by atoms with Crippen molar-refractivity contribution in [3.63, 3.8) is 0 Å². The lowest BCUT2D eigenvalue weighted by Gasteiger charge is -2.42. The highest BCUT2D eigenvalue weighted by atomic mass is 16.1. The van der Waals surface area contributed by atoms with E-state index in [1.165, 1.54) is 18.4 Å². The minimum atomic E-state index is 0.102. The topological polar surface area (TPSA) is 79.2 Å². The van der Waals surface area contributed by atoms with Gasteiger partial charge in [0.05, 0.1) is 18.2 Å². The van der Waals surface area contributed by atoms with Crippen LogP contribution in [0.1, 0.15) is 36.9 Å². The zero-order chi connectivity index (χ0) is 20.8. The number of piperidine rings is 2. The fraction of sp³-hybridized carbons (Fsp3) is 0.636. The van der Waals surface area contributed by atoms with E-state index in [0.29, 0.717) is 19.1 Å². The van der Waals surface area contributed by atoms with E-state index in [-0.39, 0.29) is 11.8 Å². The lowest BCUT2D eigenvalue weighted by molar-refractivity contribution is -0.127. The number of pyridine rings is 1. The summed E-state index contributed by atoms with van der Waals surface area (Å²) in [6.07, 6.45) is 10.1. The van der Waals surface area contributed by atoms with E-state index < -0.39 is 0 Å². The van der Waals surface area contributed by atoms with Crippen LogP contribution in [0.15, 0.2) is 30.7 Å². The number of rotatable bonds is 7. The molecule has 0 aromatic carbocycles. The van der Waals surface area contributed by atoms with Gasteiger partial charge in [0.25, 0.3) is 0 Å². The Balaban J connectivity index is 1.19. The fourth-order valence-electron chi connectivity index (χ4n) is 4.69. The lowest BCUT2D eigenvalue weighted by Crippen LogP contribution is -2.50. The number of likely N-dealkylation sites (tertiary alicyclic amines) is 2. The molecule has 8 heteroatoms. The molecule has 4 heterocycles. The number of nitrogens with one attached hydrogen (secondary N) is 1. The molecule has 1 N–H and O–H groups in total. The van der Waals surface area contributed by atoms with Crippen LogP contribution in [0.2, 0.25) is 0 Å². The predicted molar refractivity (Wildman–Crippen MR) is 115 cm³/mol. The smallest absolute Gasteiger partial charge is 0.224 e. The van der Waals surface area contributed by atoms with Crippen LogP contribution in [0.5, 0.6) is 0 Å². The molecule has 0 bridgehead atoms. The molecule has 2 fully saturated rings. The Bertz CT molecular complexity index is 801. The maximum atomic E-state index is 12.7. The van der Waals surface area contributed by atoms with Crippen molar-refractivity contribution in [1.82, 2.24) is 35.1 Å². The van der Waals surface area contributed by atoms with Crippen LogP contribution >= 0.6 is 0 Å². The summed E-state index contributed by atoms with van der Waals surface area (Å²) in [4.78, 5) is 22.0. The van der Waals surface area contributed by atoms with Crippen molar-refractivity contribution >= 4 is 5.91 Å². The summed E-state index contributed by atoms with van der Waals surface area (Å²) in [6.45, 7) is 8.41. The maximum Gasteiger partial charge on any atom is 0.224 e. The summed E-state index contributed by atoms with van der Waals surface area (Å²) in [6, 6.07) is 4.76. The normalized spacial score (nSPS) is 21.6. The first-order chi connectivity index (χ1) is 14.7. The summed E-state index contributed by atoms with van der Waals surface area (Å²) >= 11 is 0. The van der Waals surface area contributed by atoms with Crippen molar-refractivity contribution in [3.8, 4) is 0 Å². The van der Waals surface area contributed by atoms with Gasteiger partial charge in [-0.15, -0.1) is 5.10 Å².